The maximum Gasteiger partial charge on any atom is 0.119 e. The van der Waals surface area contributed by atoms with Crippen LogP contribution in [0.1, 0.15) is 46.6 Å². The van der Waals surface area contributed by atoms with Crippen LogP contribution in [-0.2, 0) is 5.41 Å². The van der Waals surface area contributed by atoms with Gasteiger partial charge < -0.3 is 10.1 Å². The van der Waals surface area contributed by atoms with Crippen LogP contribution in [-0.4, -0.2) is 19.2 Å². The Labute approximate surface area is 124 Å². The zero-order valence-electron chi connectivity index (χ0n) is 13.6. The number of rotatable bonds is 8. The van der Waals surface area contributed by atoms with Crippen molar-refractivity contribution in [1.82, 2.24) is 5.32 Å². The molecule has 0 radical (unpaired) electrons. The van der Waals surface area contributed by atoms with Gasteiger partial charge in [0, 0.05) is 12.6 Å². The Kier molecular flexibility index (Phi) is 6.28. The first kappa shape index (κ1) is 16.8. The average Bonchev–Trinajstić information content (AvgIpc) is 2.43. The third-order valence-corrected chi connectivity index (χ3v) is 3.72. The molecule has 0 spiro atoms. The SMILES string of the molecule is C=C(CNC(C)C)COc1ccc(C(C)(C)CC)cc1. The molecule has 0 saturated carbocycles. The number of hydrogen-bond acceptors (Lipinski definition) is 2. The third kappa shape index (κ3) is 5.38. The zero-order valence-corrected chi connectivity index (χ0v) is 13.6. The van der Waals surface area contributed by atoms with E-state index >= 15 is 0 Å². The molecule has 0 aromatic heterocycles. The number of ether oxygens (including phenoxy) is 1. The molecular weight excluding hydrogens is 246 g/mol. The Morgan fingerprint density at radius 2 is 1.85 bits per heavy atom. The Bertz CT molecular complexity index is 418. The summed E-state index contributed by atoms with van der Waals surface area (Å²) < 4.78 is 5.76. The molecule has 20 heavy (non-hydrogen) atoms. The minimum atomic E-state index is 0.226. The van der Waals surface area contributed by atoms with Crippen LogP contribution in [0, 0.1) is 0 Å². The number of benzene rings is 1. The summed E-state index contributed by atoms with van der Waals surface area (Å²) in [4.78, 5) is 0. The average molecular weight is 275 g/mol. The van der Waals surface area contributed by atoms with E-state index < -0.39 is 0 Å². The van der Waals surface area contributed by atoms with E-state index in [0.29, 0.717) is 12.6 Å². The second-order valence-electron chi connectivity index (χ2n) is 6.34. The van der Waals surface area contributed by atoms with Crippen LogP contribution in [0.4, 0.5) is 0 Å². The lowest BCUT2D eigenvalue weighted by Gasteiger charge is -2.23. The molecule has 0 bridgehead atoms. The highest BCUT2D eigenvalue weighted by atomic mass is 16.5. The maximum atomic E-state index is 5.76. The van der Waals surface area contributed by atoms with Crippen LogP contribution in [0.15, 0.2) is 36.4 Å². The van der Waals surface area contributed by atoms with E-state index in [4.69, 9.17) is 4.74 Å². The van der Waals surface area contributed by atoms with Gasteiger partial charge in [-0.25, -0.2) is 0 Å². The van der Waals surface area contributed by atoms with Gasteiger partial charge in [0.1, 0.15) is 12.4 Å². The fourth-order valence-corrected chi connectivity index (χ4v) is 1.79. The molecule has 1 aromatic carbocycles. The standard InChI is InChI=1S/C18H29NO/c1-7-18(5,6)16-8-10-17(11-9-16)20-13-15(4)12-19-14(2)3/h8-11,14,19H,4,7,12-13H2,1-3,5-6H3. The van der Waals surface area contributed by atoms with Gasteiger partial charge in [-0.2, -0.15) is 0 Å². The number of hydrogen-bond donors (Lipinski definition) is 1. The van der Waals surface area contributed by atoms with Crippen LogP contribution in [0.3, 0.4) is 0 Å². The Hall–Kier alpha value is -1.28. The van der Waals surface area contributed by atoms with Crippen LogP contribution in [0.2, 0.25) is 0 Å². The summed E-state index contributed by atoms with van der Waals surface area (Å²) in [5.74, 6) is 0.909. The molecule has 1 aromatic rings. The lowest BCUT2D eigenvalue weighted by atomic mass is 9.82. The van der Waals surface area contributed by atoms with Crippen molar-refractivity contribution in [3.8, 4) is 5.75 Å². The van der Waals surface area contributed by atoms with Gasteiger partial charge in [-0.05, 0) is 35.1 Å². The van der Waals surface area contributed by atoms with Crippen molar-refractivity contribution in [3.63, 3.8) is 0 Å². The van der Waals surface area contributed by atoms with Gasteiger partial charge in [-0.15, -0.1) is 0 Å². The van der Waals surface area contributed by atoms with Gasteiger partial charge in [-0.1, -0.05) is 53.3 Å². The minimum absolute atomic E-state index is 0.226. The molecule has 0 heterocycles. The van der Waals surface area contributed by atoms with Crippen molar-refractivity contribution < 1.29 is 4.74 Å². The van der Waals surface area contributed by atoms with Crippen molar-refractivity contribution in [1.29, 1.82) is 0 Å². The molecule has 0 saturated heterocycles. The highest BCUT2D eigenvalue weighted by Gasteiger charge is 2.17. The molecular formula is C18H29NO. The van der Waals surface area contributed by atoms with E-state index in [1.165, 1.54) is 5.56 Å². The van der Waals surface area contributed by atoms with E-state index in [1.54, 1.807) is 0 Å². The zero-order chi connectivity index (χ0) is 15.2. The third-order valence-electron chi connectivity index (χ3n) is 3.72. The number of nitrogens with one attached hydrogen (secondary N) is 1. The first-order valence-electron chi connectivity index (χ1n) is 7.48. The fraction of sp³-hybridized carbons (Fsp3) is 0.556. The summed E-state index contributed by atoms with van der Waals surface area (Å²) >= 11 is 0. The molecule has 0 amide bonds. The summed E-state index contributed by atoms with van der Waals surface area (Å²) in [6, 6.07) is 8.90. The molecule has 2 heteroatoms. The molecule has 2 nitrogen and oxygen atoms in total. The molecule has 0 fully saturated rings. The summed E-state index contributed by atoms with van der Waals surface area (Å²) in [7, 11) is 0. The molecule has 112 valence electrons. The Balaban J connectivity index is 2.48. The van der Waals surface area contributed by atoms with Gasteiger partial charge in [-0.3, -0.25) is 0 Å². The van der Waals surface area contributed by atoms with Gasteiger partial charge in [0.15, 0.2) is 0 Å². The lowest BCUT2D eigenvalue weighted by molar-refractivity contribution is 0.347. The monoisotopic (exact) mass is 275 g/mol. The van der Waals surface area contributed by atoms with Crippen LogP contribution in [0.5, 0.6) is 5.75 Å². The van der Waals surface area contributed by atoms with E-state index in [1.807, 2.05) is 0 Å². The molecule has 0 unspecified atom stereocenters. The highest BCUT2D eigenvalue weighted by molar-refractivity contribution is 5.31. The summed E-state index contributed by atoms with van der Waals surface area (Å²) in [6.07, 6.45) is 1.13. The second kappa shape index (κ2) is 7.49. The van der Waals surface area contributed by atoms with Gasteiger partial charge in [0.05, 0.1) is 0 Å². The van der Waals surface area contributed by atoms with E-state index in [9.17, 15) is 0 Å². The van der Waals surface area contributed by atoms with Crippen molar-refractivity contribution in [2.45, 2.75) is 52.5 Å². The molecule has 0 aliphatic heterocycles. The highest BCUT2D eigenvalue weighted by Crippen LogP contribution is 2.28. The molecule has 0 aliphatic carbocycles. The molecule has 0 atom stereocenters. The maximum absolute atomic E-state index is 5.76. The van der Waals surface area contributed by atoms with Gasteiger partial charge >= 0.3 is 0 Å². The van der Waals surface area contributed by atoms with E-state index in [0.717, 1.165) is 24.3 Å². The first-order chi connectivity index (χ1) is 9.35. The predicted molar refractivity (Wildman–Crippen MR) is 87.5 cm³/mol. The van der Waals surface area contributed by atoms with E-state index in [-0.39, 0.29) is 5.41 Å². The van der Waals surface area contributed by atoms with Crippen LogP contribution in [0.25, 0.3) is 0 Å². The van der Waals surface area contributed by atoms with Gasteiger partial charge in [0.25, 0.3) is 0 Å². The first-order valence-corrected chi connectivity index (χ1v) is 7.48. The fourth-order valence-electron chi connectivity index (χ4n) is 1.79. The molecule has 1 rings (SSSR count). The van der Waals surface area contributed by atoms with Crippen molar-refractivity contribution in [2.75, 3.05) is 13.2 Å². The van der Waals surface area contributed by atoms with Gasteiger partial charge in [0.2, 0.25) is 0 Å². The van der Waals surface area contributed by atoms with Crippen LogP contribution >= 0.6 is 0 Å². The summed E-state index contributed by atoms with van der Waals surface area (Å²) in [5, 5.41) is 3.34. The second-order valence-corrected chi connectivity index (χ2v) is 6.34. The van der Waals surface area contributed by atoms with E-state index in [2.05, 4.69) is 70.8 Å². The summed E-state index contributed by atoms with van der Waals surface area (Å²) in [6.45, 7) is 16.4. The molecule has 0 aliphatic rings. The normalized spacial score (nSPS) is 11.7. The van der Waals surface area contributed by atoms with Crippen molar-refractivity contribution >= 4 is 0 Å². The predicted octanol–water partition coefficient (Wildman–Crippen LogP) is 4.31. The quantitative estimate of drug-likeness (QED) is 0.714. The Morgan fingerprint density at radius 3 is 2.35 bits per heavy atom. The minimum Gasteiger partial charge on any atom is -0.489 e. The van der Waals surface area contributed by atoms with Crippen molar-refractivity contribution in [2.24, 2.45) is 0 Å². The summed E-state index contributed by atoms with van der Waals surface area (Å²) in [5.41, 5.74) is 2.65. The topological polar surface area (TPSA) is 21.3 Å². The lowest BCUT2D eigenvalue weighted by Crippen LogP contribution is -2.26. The molecule has 1 N–H and O–H groups in total. The van der Waals surface area contributed by atoms with Crippen LogP contribution < -0.4 is 10.1 Å². The Morgan fingerprint density at radius 1 is 1.25 bits per heavy atom. The van der Waals surface area contributed by atoms with Crippen molar-refractivity contribution in [3.05, 3.63) is 42.0 Å². The smallest absolute Gasteiger partial charge is 0.119 e. The largest absolute Gasteiger partial charge is 0.489 e.